The highest BCUT2D eigenvalue weighted by Crippen LogP contribution is 2.27. The molecule has 0 fully saturated rings. The van der Waals surface area contributed by atoms with Crippen LogP contribution >= 0.6 is 0 Å². The summed E-state index contributed by atoms with van der Waals surface area (Å²) in [6.45, 7) is 0. The first-order chi connectivity index (χ1) is 7.10. The Labute approximate surface area is 84.1 Å². The Morgan fingerprint density at radius 1 is 1.60 bits per heavy atom. The zero-order valence-corrected chi connectivity index (χ0v) is 7.80. The van der Waals surface area contributed by atoms with Crippen molar-refractivity contribution in [3.8, 4) is 11.8 Å². The summed E-state index contributed by atoms with van der Waals surface area (Å²) in [5, 5.41) is 8.39. The number of hydrogen-bond acceptors (Lipinski definition) is 3. The van der Waals surface area contributed by atoms with E-state index < -0.39 is 17.9 Å². The van der Waals surface area contributed by atoms with Gasteiger partial charge >= 0.3 is 0 Å². The zero-order chi connectivity index (χ0) is 11.4. The van der Waals surface area contributed by atoms with Gasteiger partial charge in [0.25, 0.3) is 6.43 Å². The average Bonchev–Trinajstić information content (AvgIpc) is 2.18. The normalized spacial score (nSPS) is 10.1. The number of methoxy groups -OCH3 is 1. The van der Waals surface area contributed by atoms with Crippen molar-refractivity contribution in [1.82, 2.24) is 4.98 Å². The number of aromatic nitrogens is 1. The Hall–Kier alpha value is -1.77. The maximum atomic E-state index is 13.0. The number of rotatable bonds is 3. The van der Waals surface area contributed by atoms with E-state index in [0.29, 0.717) is 0 Å². The first-order valence-electron chi connectivity index (χ1n) is 3.98. The van der Waals surface area contributed by atoms with Gasteiger partial charge in [0, 0.05) is 0 Å². The minimum absolute atomic E-state index is 0.00625. The second kappa shape index (κ2) is 4.64. The summed E-state index contributed by atoms with van der Waals surface area (Å²) in [4.78, 5) is 3.26. The maximum Gasteiger partial charge on any atom is 0.268 e. The summed E-state index contributed by atoms with van der Waals surface area (Å²) in [6, 6.07) is 2.60. The van der Waals surface area contributed by atoms with Crippen LogP contribution in [0.1, 0.15) is 17.7 Å². The standard InChI is InChI=1S/C9H7F3N2O/c1-15-7-4-5(8(10)11)9(12)14-6(7)2-3-13/h4,8H,2H2,1H3. The van der Waals surface area contributed by atoms with Crippen LogP contribution in [0.2, 0.25) is 0 Å². The van der Waals surface area contributed by atoms with Gasteiger partial charge in [-0.25, -0.2) is 13.8 Å². The van der Waals surface area contributed by atoms with Crippen molar-refractivity contribution in [3.05, 3.63) is 23.3 Å². The van der Waals surface area contributed by atoms with E-state index in [1.165, 1.54) is 7.11 Å². The predicted molar refractivity (Wildman–Crippen MR) is 45.0 cm³/mol. The molecule has 6 heteroatoms. The Bertz CT molecular complexity index is 401. The molecule has 1 heterocycles. The van der Waals surface area contributed by atoms with Gasteiger partial charge in [-0.15, -0.1) is 0 Å². The lowest BCUT2D eigenvalue weighted by Crippen LogP contribution is -2.02. The molecule has 1 rings (SSSR count). The summed E-state index contributed by atoms with van der Waals surface area (Å²) in [7, 11) is 1.24. The van der Waals surface area contributed by atoms with E-state index in [4.69, 9.17) is 10.00 Å². The highest BCUT2D eigenvalue weighted by atomic mass is 19.3. The van der Waals surface area contributed by atoms with Crippen molar-refractivity contribution in [2.24, 2.45) is 0 Å². The molecular formula is C9H7F3N2O. The predicted octanol–water partition coefficient (Wildman–Crippen LogP) is 2.23. The van der Waals surface area contributed by atoms with Gasteiger partial charge in [0.05, 0.1) is 30.9 Å². The van der Waals surface area contributed by atoms with Crippen molar-refractivity contribution in [3.63, 3.8) is 0 Å². The SMILES string of the molecule is COc1cc(C(F)F)c(F)nc1CC#N. The van der Waals surface area contributed by atoms with E-state index in [1.54, 1.807) is 6.07 Å². The fourth-order valence-electron chi connectivity index (χ4n) is 1.05. The van der Waals surface area contributed by atoms with Crippen molar-refractivity contribution < 1.29 is 17.9 Å². The second-order valence-corrected chi connectivity index (χ2v) is 2.65. The van der Waals surface area contributed by atoms with Gasteiger partial charge in [-0.05, 0) is 6.07 Å². The van der Waals surface area contributed by atoms with Gasteiger partial charge in [0.1, 0.15) is 5.75 Å². The van der Waals surface area contributed by atoms with Crippen molar-refractivity contribution in [2.75, 3.05) is 7.11 Å². The van der Waals surface area contributed by atoms with Gasteiger partial charge < -0.3 is 4.74 Å². The minimum Gasteiger partial charge on any atom is -0.495 e. The summed E-state index contributed by atoms with van der Waals surface area (Å²) >= 11 is 0. The second-order valence-electron chi connectivity index (χ2n) is 2.65. The maximum absolute atomic E-state index is 13.0. The van der Waals surface area contributed by atoms with Crippen LogP contribution in [0, 0.1) is 17.3 Å². The van der Waals surface area contributed by atoms with Crippen molar-refractivity contribution >= 4 is 0 Å². The lowest BCUT2D eigenvalue weighted by atomic mass is 10.2. The molecule has 0 unspecified atom stereocenters. The molecule has 3 nitrogen and oxygen atoms in total. The van der Waals surface area contributed by atoms with Crippen LogP contribution in [0.15, 0.2) is 6.07 Å². The van der Waals surface area contributed by atoms with E-state index in [9.17, 15) is 13.2 Å². The number of nitrogens with zero attached hydrogens (tertiary/aromatic N) is 2. The van der Waals surface area contributed by atoms with Gasteiger partial charge in [0.15, 0.2) is 0 Å². The molecule has 0 aliphatic carbocycles. The molecule has 0 saturated heterocycles. The number of nitriles is 1. The molecule has 80 valence electrons. The molecule has 0 N–H and O–H groups in total. The summed E-state index contributed by atoms with van der Waals surface area (Å²) in [5.74, 6) is -1.27. The van der Waals surface area contributed by atoms with E-state index >= 15 is 0 Å². The Kier molecular flexibility index (Phi) is 3.50. The van der Waals surface area contributed by atoms with Crippen molar-refractivity contribution in [2.45, 2.75) is 12.8 Å². The molecule has 0 radical (unpaired) electrons. The van der Waals surface area contributed by atoms with Crippen LogP contribution in [0.5, 0.6) is 5.75 Å². The molecule has 0 bridgehead atoms. The van der Waals surface area contributed by atoms with E-state index in [0.717, 1.165) is 6.07 Å². The third-order valence-corrected chi connectivity index (χ3v) is 1.74. The minimum atomic E-state index is -2.96. The van der Waals surface area contributed by atoms with Crippen molar-refractivity contribution in [1.29, 1.82) is 5.26 Å². The van der Waals surface area contributed by atoms with Gasteiger partial charge in [0.2, 0.25) is 5.95 Å². The number of hydrogen-bond donors (Lipinski definition) is 0. The number of alkyl halides is 2. The topological polar surface area (TPSA) is 45.9 Å². The summed E-state index contributed by atoms with van der Waals surface area (Å²) in [5.41, 5.74) is -0.810. The van der Waals surface area contributed by atoms with Crippen LogP contribution in [0.3, 0.4) is 0 Å². The molecule has 1 aromatic heterocycles. The first kappa shape index (κ1) is 11.3. The third-order valence-electron chi connectivity index (χ3n) is 1.74. The smallest absolute Gasteiger partial charge is 0.268 e. The highest BCUT2D eigenvalue weighted by Gasteiger charge is 2.18. The van der Waals surface area contributed by atoms with E-state index in [2.05, 4.69) is 4.98 Å². The highest BCUT2D eigenvalue weighted by molar-refractivity contribution is 5.34. The van der Waals surface area contributed by atoms with Gasteiger partial charge in [-0.3, -0.25) is 0 Å². The fourth-order valence-corrected chi connectivity index (χ4v) is 1.05. The fraction of sp³-hybridized carbons (Fsp3) is 0.333. The Morgan fingerprint density at radius 2 is 2.27 bits per heavy atom. The van der Waals surface area contributed by atoms with Crippen LogP contribution < -0.4 is 4.74 Å². The lowest BCUT2D eigenvalue weighted by molar-refractivity contribution is 0.144. The van der Waals surface area contributed by atoms with Crippen LogP contribution in [-0.4, -0.2) is 12.1 Å². The molecule has 0 aliphatic heterocycles. The van der Waals surface area contributed by atoms with E-state index in [-0.39, 0.29) is 17.9 Å². The first-order valence-corrected chi connectivity index (χ1v) is 3.98. The summed E-state index contributed by atoms with van der Waals surface area (Å²) in [6.07, 6.45) is -3.15. The molecule has 0 aromatic carbocycles. The monoisotopic (exact) mass is 216 g/mol. The molecule has 0 saturated carbocycles. The van der Waals surface area contributed by atoms with Gasteiger partial charge in [-0.1, -0.05) is 0 Å². The van der Waals surface area contributed by atoms with Crippen LogP contribution in [0.4, 0.5) is 13.2 Å². The molecule has 1 aromatic rings. The van der Waals surface area contributed by atoms with Gasteiger partial charge in [-0.2, -0.15) is 9.65 Å². The zero-order valence-electron chi connectivity index (χ0n) is 7.80. The molecule has 15 heavy (non-hydrogen) atoms. The Balaban J connectivity index is 3.24. The lowest BCUT2D eigenvalue weighted by Gasteiger charge is -2.08. The number of pyridine rings is 1. The van der Waals surface area contributed by atoms with E-state index in [1.807, 2.05) is 0 Å². The summed E-state index contributed by atoms with van der Waals surface area (Å²) < 4.78 is 42.2. The molecule has 0 aliphatic rings. The average molecular weight is 216 g/mol. The molecule has 0 amide bonds. The third kappa shape index (κ3) is 2.37. The Morgan fingerprint density at radius 3 is 2.73 bits per heavy atom. The van der Waals surface area contributed by atoms with Crippen LogP contribution in [-0.2, 0) is 6.42 Å². The molecule has 0 spiro atoms. The number of halogens is 3. The largest absolute Gasteiger partial charge is 0.495 e. The number of ether oxygens (including phenoxy) is 1. The quantitative estimate of drug-likeness (QED) is 0.728. The van der Waals surface area contributed by atoms with Crippen LogP contribution in [0.25, 0.3) is 0 Å². The molecule has 0 atom stereocenters. The molecular weight excluding hydrogens is 209 g/mol.